The summed E-state index contributed by atoms with van der Waals surface area (Å²) in [7, 11) is 2.08. The van der Waals surface area contributed by atoms with Crippen LogP contribution in [0.25, 0.3) is 0 Å². The Kier molecular flexibility index (Phi) is 11.8. The number of ether oxygens (including phenoxy) is 1. The second-order valence-corrected chi connectivity index (χ2v) is 6.20. The quantitative estimate of drug-likeness (QED) is 0.221. The molecule has 7 heteroatoms. The maximum Gasteiger partial charge on any atom is 0.188 e. The van der Waals surface area contributed by atoms with Gasteiger partial charge in [0.25, 0.3) is 0 Å². The van der Waals surface area contributed by atoms with Crippen LogP contribution in [0.5, 0.6) is 0 Å². The Balaban J connectivity index is 0.00000364. The predicted molar refractivity (Wildman–Crippen MR) is 120 cm³/mol. The van der Waals surface area contributed by atoms with Crippen molar-refractivity contribution in [3.8, 4) is 0 Å². The molecule has 27 heavy (non-hydrogen) atoms. The number of hydrogen-bond acceptors (Lipinski definition) is 4. The monoisotopic (exact) mass is 486 g/mol. The number of furan rings is 1. The van der Waals surface area contributed by atoms with Crippen molar-refractivity contribution >= 4 is 29.9 Å². The molecule has 0 spiro atoms. The molecule has 0 aliphatic heterocycles. The summed E-state index contributed by atoms with van der Waals surface area (Å²) in [4.78, 5) is 6.68. The Morgan fingerprint density at radius 2 is 1.96 bits per heavy atom. The zero-order valence-electron chi connectivity index (χ0n) is 16.2. The number of benzene rings is 1. The minimum atomic E-state index is 0. The minimum Gasteiger partial charge on any atom is -0.468 e. The van der Waals surface area contributed by atoms with Gasteiger partial charge in [-0.2, -0.15) is 0 Å². The first-order valence-electron chi connectivity index (χ1n) is 9.08. The zero-order valence-corrected chi connectivity index (χ0v) is 18.5. The molecule has 0 aliphatic rings. The van der Waals surface area contributed by atoms with E-state index in [9.17, 15) is 0 Å². The van der Waals surface area contributed by atoms with Crippen LogP contribution in [0.4, 0.5) is 0 Å². The van der Waals surface area contributed by atoms with Crippen LogP contribution in [0.1, 0.15) is 30.2 Å². The van der Waals surface area contributed by atoms with Gasteiger partial charge in [0.15, 0.2) is 5.96 Å². The van der Waals surface area contributed by atoms with E-state index in [1.807, 2.05) is 25.1 Å². The van der Waals surface area contributed by atoms with Crippen LogP contribution in [-0.2, 0) is 24.4 Å². The lowest BCUT2D eigenvalue weighted by atomic mass is 10.1. The van der Waals surface area contributed by atoms with Crippen LogP contribution in [0.15, 0.2) is 52.1 Å². The summed E-state index contributed by atoms with van der Waals surface area (Å²) >= 11 is 0. The van der Waals surface area contributed by atoms with Gasteiger partial charge in [0.1, 0.15) is 5.76 Å². The Labute approximate surface area is 179 Å². The molecule has 0 saturated carbocycles. The predicted octanol–water partition coefficient (Wildman–Crippen LogP) is 3.36. The molecule has 1 aromatic carbocycles. The lowest BCUT2D eigenvalue weighted by Crippen LogP contribution is -2.32. The number of nitrogens with two attached hydrogens (primary N) is 1. The summed E-state index contributed by atoms with van der Waals surface area (Å²) in [5, 5.41) is 3.13. The van der Waals surface area contributed by atoms with Crippen molar-refractivity contribution in [1.29, 1.82) is 0 Å². The van der Waals surface area contributed by atoms with Gasteiger partial charge in [0.05, 0.1) is 19.4 Å². The highest BCUT2D eigenvalue weighted by atomic mass is 127. The Hall–Kier alpha value is -1.58. The molecular formula is C20H31IN4O2. The van der Waals surface area contributed by atoms with Gasteiger partial charge >= 0.3 is 0 Å². The van der Waals surface area contributed by atoms with Gasteiger partial charge in [0, 0.05) is 26.3 Å². The van der Waals surface area contributed by atoms with Crippen LogP contribution < -0.4 is 11.1 Å². The fraction of sp³-hybridized carbons (Fsp3) is 0.450. The molecule has 6 nitrogen and oxygen atoms in total. The average molecular weight is 486 g/mol. The highest BCUT2D eigenvalue weighted by molar-refractivity contribution is 14.0. The fourth-order valence-electron chi connectivity index (χ4n) is 2.64. The summed E-state index contributed by atoms with van der Waals surface area (Å²) < 4.78 is 10.7. The van der Waals surface area contributed by atoms with Crippen molar-refractivity contribution in [3.05, 3.63) is 59.5 Å². The van der Waals surface area contributed by atoms with Gasteiger partial charge in [-0.1, -0.05) is 24.3 Å². The van der Waals surface area contributed by atoms with E-state index < -0.39 is 0 Å². The van der Waals surface area contributed by atoms with Crippen molar-refractivity contribution < 1.29 is 9.15 Å². The van der Waals surface area contributed by atoms with Crippen molar-refractivity contribution in [2.24, 2.45) is 10.7 Å². The molecule has 3 N–H and O–H groups in total. The van der Waals surface area contributed by atoms with Gasteiger partial charge in [-0.05, 0) is 43.7 Å². The molecule has 2 rings (SSSR count). The van der Waals surface area contributed by atoms with E-state index in [0.717, 1.165) is 45.0 Å². The molecular weight excluding hydrogens is 455 g/mol. The third-order valence-corrected chi connectivity index (χ3v) is 3.96. The zero-order chi connectivity index (χ0) is 18.6. The van der Waals surface area contributed by atoms with Crippen molar-refractivity contribution in [2.75, 3.05) is 26.8 Å². The van der Waals surface area contributed by atoms with Crippen molar-refractivity contribution in [1.82, 2.24) is 10.2 Å². The Morgan fingerprint density at radius 1 is 1.19 bits per heavy atom. The van der Waals surface area contributed by atoms with E-state index in [4.69, 9.17) is 14.9 Å². The van der Waals surface area contributed by atoms with Gasteiger partial charge < -0.3 is 20.2 Å². The fourth-order valence-corrected chi connectivity index (χ4v) is 2.64. The van der Waals surface area contributed by atoms with Gasteiger partial charge in [-0.15, -0.1) is 24.0 Å². The van der Waals surface area contributed by atoms with Gasteiger partial charge in [-0.3, -0.25) is 4.90 Å². The first-order valence-corrected chi connectivity index (χ1v) is 9.08. The first-order chi connectivity index (χ1) is 12.7. The molecule has 0 aliphatic carbocycles. The minimum absolute atomic E-state index is 0. The summed E-state index contributed by atoms with van der Waals surface area (Å²) in [5.41, 5.74) is 8.38. The maximum absolute atomic E-state index is 5.95. The summed E-state index contributed by atoms with van der Waals surface area (Å²) in [6.07, 6.45) is 2.62. The summed E-state index contributed by atoms with van der Waals surface area (Å²) in [5.74, 6) is 1.43. The molecule has 0 atom stereocenters. The van der Waals surface area contributed by atoms with Gasteiger partial charge in [0.2, 0.25) is 0 Å². The highest BCUT2D eigenvalue weighted by Crippen LogP contribution is 2.14. The van der Waals surface area contributed by atoms with E-state index in [0.29, 0.717) is 12.5 Å². The number of nitrogens with zero attached hydrogens (tertiary/aromatic N) is 2. The van der Waals surface area contributed by atoms with Crippen LogP contribution in [0, 0.1) is 0 Å². The van der Waals surface area contributed by atoms with E-state index in [-0.39, 0.29) is 24.0 Å². The van der Waals surface area contributed by atoms with Gasteiger partial charge in [-0.25, -0.2) is 4.99 Å². The topological polar surface area (TPSA) is 76.0 Å². The molecule has 2 aromatic rings. The molecule has 150 valence electrons. The summed E-state index contributed by atoms with van der Waals surface area (Å²) in [6, 6.07) is 12.2. The number of nitrogens with one attached hydrogen (secondary N) is 1. The SMILES string of the molecule is CCOCCCNC(N)=NCc1ccccc1CN(C)Cc1ccco1.I. The van der Waals surface area contributed by atoms with Crippen molar-refractivity contribution in [2.45, 2.75) is 33.0 Å². The molecule has 0 saturated heterocycles. The number of aliphatic imine (C=N–C) groups is 1. The molecule has 0 unspecified atom stereocenters. The third kappa shape index (κ3) is 9.25. The smallest absolute Gasteiger partial charge is 0.188 e. The highest BCUT2D eigenvalue weighted by Gasteiger charge is 2.07. The second-order valence-electron chi connectivity index (χ2n) is 6.20. The molecule has 0 bridgehead atoms. The maximum atomic E-state index is 5.95. The number of hydrogen-bond donors (Lipinski definition) is 2. The Bertz CT molecular complexity index is 662. The lowest BCUT2D eigenvalue weighted by molar-refractivity contribution is 0.145. The number of guanidine groups is 1. The lowest BCUT2D eigenvalue weighted by Gasteiger charge is -2.17. The molecule has 1 aromatic heterocycles. The Morgan fingerprint density at radius 3 is 2.67 bits per heavy atom. The summed E-state index contributed by atoms with van der Waals surface area (Å²) in [6.45, 7) is 6.41. The average Bonchev–Trinajstić information content (AvgIpc) is 3.13. The van der Waals surface area contributed by atoms with Crippen LogP contribution in [-0.4, -0.2) is 37.7 Å². The van der Waals surface area contributed by atoms with Crippen LogP contribution >= 0.6 is 24.0 Å². The number of halogens is 1. The molecule has 0 amide bonds. The second kappa shape index (κ2) is 13.6. The van der Waals surface area contributed by atoms with Crippen LogP contribution in [0.3, 0.4) is 0 Å². The first kappa shape index (κ1) is 23.5. The normalized spacial score (nSPS) is 11.4. The van der Waals surface area contributed by atoms with Crippen molar-refractivity contribution in [3.63, 3.8) is 0 Å². The van der Waals surface area contributed by atoms with E-state index in [1.54, 1.807) is 6.26 Å². The van der Waals surface area contributed by atoms with E-state index >= 15 is 0 Å². The third-order valence-electron chi connectivity index (χ3n) is 3.96. The number of rotatable bonds is 11. The molecule has 0 radical (unpaired) electrons. The van der Waals surface area contributed by atoms with E-state index in [2.05, 4.69) is 40.5 Å². The molecule has 1 heterocycles. The standard InChI is InChI=1S/C20H30N4O2.HI/c1-3-25-12-7-11-22-20(21)23-14-17-8-4-5-9-18(17)15-24(2)16-19-10-6-13-26-19;/h4-6,8-10,13H,3,7,11-12,14-16H2,1-2H3,(H3,21,22,23);1H. The molecule has 0 fully saturated rings. The van der Waals surface area contributed by atoms with E-state index in [1.165, 1.54) is 11.1 Å². The van der Waals surface area contributed by atoms with Crippen LogP contribution in [0.2, 0.25) is 0 Å². The largest absolute Gasteiger partial charge is 0.468 e.